The van der Waals surface area contributed by atoms with E-state index in [-0.39, 0.29) is 5.91 Å². The molecular weight excluding hydrogens is 324 g/mol. The van der Waals surface area contributed by atoms with Gasteiger partial charge in [-0.1, -0.05) is 6.07 Å². The lowest BCUT2D eigenvalue weighted by atomic mass is 10.2. The van der Waals surface area contributed by atoms with Gasteiger partial charge in [-0.25, -0.2) is 5.43 Å². The highest BCUT2D eigenvalue weighted by Gasteiger charge is 2.14. The van der Waals surface area contributed by atoms with Crippen LogP contribution in [0.25, 0.3) is 0 Å². The molecule has 0 bridgehead atoms. The standard InChI is InChI=1S/C18H20N2O5/c1-22-14-7-5-6-12(10-14)18(21)20-19-11-13-8-9-15(23-2)17(25-4)16(13)24-3/h5-11H,1-4H3,(H,20,21)/b19-11-. The van der Waals surface area contributed by atoms with Gasteiger partial charge in [0.2, 0.25) is 5.75 Å². The molecule has 0 aromatic heterocycles. The van der Waals surface area contributed by atoms with Crippen LogP contribution in [0.3, 0.4) is 0 Å². The zero-order valence-corrected chi connectivity index (χ0v) is 14.5. The van der Waals surface area contributed by atoms with Gasteiger partial charge in [-0.2, -0.15) is 5.10 Å². The van der Waals surface area contributed by atoms with E-state index in [2.05, 4.69) is 10.5 Å². The monoisotopic (exact) mass is 344 g/mol. The maximum Gasteiger partial charge on any atom is 0.271 e. The van der Waals surface area contributed by atoms with Crippen LogP contribution in [-0.4, -0.2) is 40.6 Å². The first-order chi connectivity index (χ1) is 12.1. The van der Waals surface area contributed by atoms with Gasteiger partial charge < -0.3 is 18.9 Å². The van der Waals surface area contributed by atoms with Crippen LogP contribution in [0.4, 0.5) is 0 Å². The molecule has 0 saturated carbocycles. The summed E-state index contributed by atoms with van der Waals surface area (Å²) in [6, 6.07) is 10.3. The molecule has 0 fully saturated rings. The molecule has 1 N–H and O–H groups in total. The van der Waals surface area contributed by atoms with Crippen LogP contribution in [-0.2, 0) is 0 Å². The second kappa shape index (κ2) is 8.58. The van der Waals surface area contributed by atoms with Gasteiger partial charge in [0.15, 0.2) is 11.5 Å². The first kappa shape index (κ1) is 18.1. The number of hydrogen-bond donors (Lipinski definition) is 1. The average molecular weight is 344 g/mol. The molecule has 0 unspecified atom stereocenters. The number of nitrogens with one attached hydrogen (secondary N) is 1. The SMILES string of the molecule is COc1cccc(C(=O)N/N=C\c2ccc(OC)c(OC)c2OC)c1. The second-order valence-corrected chi connectivity index (χ2v) is 4.85. The third kappa shape index (κ3) is 4.20. The van der Waals surface area contributed by atoms with Crippen molar-refractivity contribution in [3.05, 3.63) is 47.5 Å². The highest BCUT2D eigenvalue weighted by atomic mass is 16.5. The fourth-order valence-electron chi connectivity index (χ4n) is 2.22. The van der Waals surface area contributed by atoms with Gasteiger partial charge in [0.25, 0.3) is 5.91 Å². The molecule has 0 aliphatic carbocycles. The smallest absolute Gasteiger partial charge is 0.271 e. The Morgan fingerprint density at radius 2 is 1.72 bits per heavy atom. The van der Waals surface area contributed by atoms with Gasteiger partial charge in [-0.3, -0.25) is 4.79 Å². The Labute approximate surface area is 146 Å². The topological polar surface area (TPSA) is 78.4 Å². The molecule has 0 atom stereocenters. The summed E-state index contributed by atoms with van der Waals surface area (Å²) >= 11 is 0. The van der Waals surface area contributed by atoms with Crippen LogP contribution in [0.2, 0.25) is 0 Å². The van der Waals surface area contributed by atoms with Crippen molar-refractivity contribution >= 4 is 12.1 Å². The molecule has 2 rings (SSSR count). The summed E-state index contributed by atoms with van der Waals surface area (Å²) in [5.74, 6) is 1.69. The molecule has 7 nitrogen and oxygen atoms in total. The number of benzene rings is 2. The summed E-state index contributed by atoms with van der Waals surface area (Å²) in [5, 5.41) is 3.97. The molecule has 1 amide bonds. The van der Waals surface area contributed by atoms with Crippen molar-refractivity contribution in [2.75, 3.05) is 28.4 Å². The van der Waals surface area contributed by atoms with Gasteiger partial charge in [-0.05, 0) is 30.3 Å². The van der Waals surface area contributed by atoms with Crippen LogP contribution >= 0.6 is 0 Å². The minimum absolute atomic E-state index is 0.352. The van der Waals surface area contributed by atoms with Crippen LogP contribution < -0.4 is 24.4 Å². The minimum Gasteiger partial charge on any atom is -0.497 e. The molecule has 0 aliphatic rings. The quantitative estimate of drug-likeness (QED) is 0.617. The third-order valence-electron chi connectivity index (χ3n) is 3.44. The lowest BCUT2D eigenvalue weighted by Crippen LogP contribution is -2.17. The zero-order valence-electron chi connectivity index (χ0n) is 14.5. The van der Waals surface area contributed by atoms with Gasteiger partial charge in [0.1, 0.15) is 5.75 Å². The van der Waals surface area contributed by atoms with Crippen molar-refractivity contribution in [1.29, 1.82) is 0 Å². The fourth-order valence-corrected chi connectivity index (χ4v) is 2.22. The Morgan fingerprint density at radius 3 is 2.36 bits per heavy atom. The highest BCUT2D eigenvalue weighted by Crippen LogP contribution is 2.38. The molecule has 2 aromatic rings. The number of amides is 1. The first-order valence-corrected chi connectivity index (χ1v) is 7.41. The molecule has 0 heterocycles. The number of hydrazone groups is 1. The summed E-state index contributed by atoms with van der Waals surface area (Å²) in [4.78, 5) is 12.1. The molecule has 0 saturated heterocycles. The Balaban J connectivity index is 2.17. The van der Waals surface area contributed by atoms with Crippen LogP contribution in [0.1, 0.15) is 15.9 Å². The number of carbonyl (C=O) groups is 1. The number of carbonyl (C=O) groups excluding carboxylic acids is 1. The van der Waals surface area contributed by atoms with E-state index in [0.717, 1.165) is 0 Å². The lowest BCUT2D eigenvalue weighted by molar-refractivity contribution is 0.0955. The van der Waals surface area contributed by atoms with Crippen molar-refractivity contribution in [1.82, 2.24) is 5.43 Å². The molecule has 7 heteroatoms. The molecule has 0 spiro atoms. The normalized spacial score (nSPS) is 10.4. The van der Waals surface area contributed by atoms with E-state index in [0.29, 0.717) is 34.1 Å². The van der Waals surface area contributed by atoms with Gasteiger partial charge >= 0.3 is 0 Å². The fraction of sp³-hybridized carbons (Fsp3) is 0.222. The number of rotatable bonds is 7. The van der Waals surface area contributed by atoms with Crippen LogP contribution in [0, 0.1) is 0 Å². The number of hydrogen-bond acceptors (Lipinski definition) is 6. The highest BCUT2D eigenvalue weighted by molar-refractivity contribution is 5.95. The Kier molecular flexibility index (Phi) is 6.22. The average Bonchev–Trinajstić information content (AvgIpc) is 2.67. The number of nitrogens with zero attached hydrogens (tertiary/aromatic N) is 1. The van der Waals surface area contributed by atoms with Crippen LogP contribution in [0.5, 0.6) is 23.0 Å². The van der Waals surface area contributed by atoms with Gasteiger partial charge in [-0.15, -0.1) is 0 Å². The lowest BCUT2D eigenvalue weighted by Gasteiger charge is -2.13. The van der Waals surface area contributed by atoms with E-state index in [4.69, 9.17) is 18.9 Å². The first-order valence-electron chi connectivity index (χ1n) is 7.41. The van der Waals surface area contributed by atoms with Crippen LogP contribution in [0.15, 0.2) is 41.5 Å². The molecule has 2 aromatic carbocycles. The molecule has 0 radical (unpaired) electrons. The van der Waals surface area contributed by atoms with Gasteiger partial charge in [0, 0.05) is 11.1 Å². The van der Waals surface area contributed by atoms with E-state index in [1.807, 2.05) is 0 Å². The third-order valence-corrected chi connectivity index (χ3v) is 3.44. The van der Waals surface area contributed by atoms with E-state index in [9.17, 15) is 4.79 Å². The molecule has 0 aliphatic heterocycles. The van der Waals surface area contributed by atoms with E-state index in [1.165, 1.54) is 20.4 Å². The summed E-state index contributed by atoms with van der Waals surface area (Å²) < 4.78 is 21.0. The van der Waals surface area contributed by atoms with Crippen molar-refractivity contribution in [3.63, 3.8) is 0 Å². The Hall–Kier alpha value is -3.22. The number of ether oxygens (including phenoxy) is 4. The molecule has 25 heavy (non-hydrogen) atoms. The van der Waals surface area contributed by atoms with Crippen molar-refractivity contribution in [3.8, 4) is 23.0 Å². The van der Waals surface area contributed by atoms with Crippen molar-refractivity contribution < 1.29 is 23.7 Å². The summed E-state index contributed by atoms with van der Waals surface area (Å²) in [6.45, 7) is 0. The Bertz CT molecular complexity index is 774. The summed E-state index contributed by atoms with van der Waals surface area (Å²) in [5.41, 5.74) is 3.53. The van der Waals surface area contributed by atoms with Crippen molar-refractivity contribution in [2.45, 2.75) is 0 Å². The van der Waals surface area contributed by atoms with Crippen molar-refractivity contribution in [2.24, 2.45) is 5.10 Å². The van der Waals surface area contributed by atoms with E-state index in [1.54, 1.807) is 50.6 Å². The predicted molar refractivity (Wildman–Crippen MR) is 94.2 cm³/mol. The van der Waals surface area contributed by atoms with E-state index >= 15 is 0 Å². The maximum absolute atomic E-state index is 12.1. The van der Waals surface area contributed by atoms with Gasteiger partial charge in [0.05, 0.1) is 34.7 Å². The number of methoxy groups -OCH3 is 4. The molecule has 132 valence electrons. The maximum atomic E-state index is 12.1. The van der Waals surface area contributed by atoms with E-state index < -0.39 is 0 Å². The zero-order chi connectivity index (χ0) is 18.2. The predicted octanol–water partition coefficient (Wildman–Crippen LogP) is 2.48. The minimum atomic E-state index is -0.352. The molecular formula is C18H20N2O5. The summed E-state index contributed by atoms with van der Waals surface area (Å²) in [7, 11) is 6.12. The Morgan fingerprint density at radius 1 is 0.960 bits per heavy atom. The largest absolute Gasteiger partial charge is 0.497 e. The summed E-state index contributed by atoms with van der Waals surface area (Å²) in [6.07, 6.45) is 1.47. The second-order valence-electron chi connectivity index (χ2n) is 4.85.